The lowest BCUT2D eigenvalue weighted by molar-refractivity contribution is 0.0992. The van der Waals surface area contributed by atoms with E-state index in [1.807, 2.05) is 13.0 Å². The molecule has 0 amide bonds. The third-order valence-corrected chi connectivity index (χ3v) is 4.43. The Labute approximate surface area is 154 Å². The third-order valence-electron chi connectivity index (χ3n) is 4.43. The van der Waals surface area contributed by atoms with Crippen molar-refractivity contribution >= 4 is 29.9 Å². The molecule has 2 fully saturated rings. The van der Waals surface area contributed by atoms with Crippen LogP contribution in [0.1, 0.15) is 37.3 Å². The van der Waals surface area contributed by atoms with Gasteiger partial charge in [0.15, 0.2) is 5.96 Å². The molecule has 0 spiro atoms. The molecule has 2 aliphatic rings. The van der Waals surface area contributed by atoms with Gasteiger partial charge in [0.05, 0.1) is 24.8 Å². The Hall–Kier alpha value is -0.890. The summed E-state index contributed by atoms with van der Waals surface area (Å²) in [5.74, 6) is 0.608. The first kappa shape index (κ1) is 18.4. The second kappa shape index (κ2) is 8.28. The van der Waals surface area contributed by atoms with E-state index < -0.39 is 0 Å². The number of rotatable bonds is 4. The van der Waals surface area contributed by atoms with E-state index in [2.05, 4.69) is 15.6 Å². The topological polar surface area (TPSA) is 45.7 Å². The average Bonchev–Trinajstić information content (AvgIpc) is 3.11. The molecule has 2 N–H and O–H groups in total. The van der Waals surface area contributed by atoms with Crippen LogP contribution in [0, 0.1) is 12.7 Å². The molecule has 23 heavy (non-hydrogen) atoms. The minimum atomic E-state index is -0.174. The number of hydrogen-bond donors (Lipinski definition) is 2. The highest BCUT2D eigenvalue weighted by Gasteiger charge is 2.41. The smallest absolute Gasteiger partial charge is 0.191 e. The van der Waals surface area contributed by atoms with Crippen LogP contribution in [0.2, 0.25) is 0 Å². The number of halogens is 2. The summed E-state index contributed by atoms with van der Waals surface area (Å²) in [5, 5.41) is 6.72. The van der Waals surface area contributed by atoms with Crippen LogP contribution in [0.25, 0.3) is 0 Å². The SMILES string of the molecule is CCNC(=NCc1ccc(C)c(F)c1)NC1CC2CCC1O2.I. The molecule has 0 aliphatic carbocycles. The summed E-state index contributed by atoms with van der Waals surface area (Å²) in [4.78, 5) is 4.57. The molecule has 2 aliphatic heterocycles. The van der Waals surface area contributed by atoms with E-state index in [0.29, 0.717) is 30.4 Å². The minimum Gasteiger partial charge on any atom is -0.373 e. The van der Waals surface area contributed by atoms with Gasteiger partial charge in [-0.2, -0.15) is 0 Å². The lowest BCUT2D eigenvalue weighted by atomic mass is 9.96. The van der Waals surface area contributed by atoms with Crippen LogP contribution in [0.4, 0.5) is 4.39 Å². The summed E-state index contributed by atoms with van der Waals surface area (Å²) in [6.45, 7) is 5.08. The Morgan fingerprint density at radius 2 is 2.22 bits per heavy atom. The van der Waals surface area contributed by atoms with Crippen LogP contribution in [0.3, 0.4) is 0 Å². The number of fused-ring (bicyclic) bond motifs is 2. The summed E-state index contributed by atoms with van der Waals surface area (Å²) >= 11 is 0. The fourth-order valence-electron chi connectivity index (χ4n) is 3.19. The third kappa shape index (κ3) is 4.56. The molecule has 1 aromatic rings. The molecule has 0 aromatic heterocycles. The van der Waals surface area contributed by atoms with E-state index in [4.69, 9.17) is 4.74 Å². The molecule has 0 radical (unpaired) electrons. The van der Waals surface area contributed by atoms with E-state index in [-0.39, 0.29) is 29.8 Å². The number of guanidine groups is 1. The molecule has 0 saturated carbocycles. The van der Waals surface area contributed by atoms with Crippen molar-refractivity contribution in [3.63, 3.8) is 0 Å². The summed E-state index contributed by atoms with van der Waals surface area (Å²) in [7, 11) is 0. The van der Waals surface area contributed by atoms with Gasteiger partial charge in [0.25, 0.3) is 0 Å². The monoisotopic (exact) mass is 433 g/mol. The Bertz CT molecular complexity index is 567. The van der Waals surface area contributed by atoms with Gasteiger partial charge in [-0.15, -0.1) is 24.0 Å². The van der Waals surface area contributed by atoms with Gasteiger partial charge in [-0.25, -0.2) is 9.38 Å². The second-order valence-electron chi connectivity index (χ2n) is 6.14. The predicted octanol–water partition coefficient (Wildman–Crippen LogP) is 3.13. The highest BCUT2D eigenvalue weighted by molar-refractivity contribution is 14.0. The van der Waals surface area contributed by atoms with E-state index >= 15 is 0 Å². The van der Waals surface area contributed by atoms with Crippen molar-refractivity contribution in [1.82, 2.24) is 10.6 Å². The molecule has 128 valence electrons. The van der Waals surface area contributed by atoms with Crippen LogP contribution in [0.15, 0.2) is 23.2 Å². The first-order valence-electron chi connectivity index (χ1n) is 8.11. The maximum atomic E-state index is 13.6. The highest BCUT2D eigenvalue weighted by atomic mass is 127. The number of aryl methyl sites for hydroxylation is 1. The fraction of sp³-hybridized carbons (Fsp3) is 0.588. The van der Waals surface area contributed by atoms with Crippen LogP contribution in [0.5, 0.6) is 0 Å². The Morgan fingerprint density at radius 1 is 1.39 bits per heavy atom. The molecular weight excluding hydrogens is 408 g/mol. The van der Waals surface area contributed by atoms with Gasteiger partial charge in [0, 0.05) is 6.54 Å². The van der Waals surface area contributed by atoms with E-state index in [0.717, 1.165) is 30.9 Å². The van der Waals surface area contributed by atoms with Crippen molar-refractivity contribution < 1.29 is 9.13 Å². The molecule has 2 bridgehead atoms. The van der Waals surface area contributed by atoms with Crippen molar-refractivity contribution in [3.05, 3.63) is 35.1 Å². The number of nitrogens with one attached hydrogen (secondary N) is 2. The van der Waals surface area contributed by atoms with Gasteiger partial charge in [-0.3, -0.25) is 0 Å². The van der Waals surface area contributed by atoms with Crippen LogP contribution in [-0.4, -0.2) is 30.8 Å². The molecule has 1 aromatic carbocycles. The van der Waals surface area contributed by atoms with Crippen molar-refractivity contribution in [1.29, 1.82) is 0 Å². The maximum absolute atomic E-state index is 13.6. The average molecular weight is 433 g/mol. The summed E-state index contributed by atoms with van der Waals surface area (Å²) in [6, 6.07) is 5.62. The fourth-order valence-corrected chi connectivity index (χ4v) is 3.19. The zero-order valence-corrected chi connectivity index (χ0v) is 16.0. The Balaban J connectivity index is 0.00000192. The summed E-state index contributed by atoms with van der Waals surface area (Å²) < 4.78 is 19.4. The lowest BCUT2D eigenvalue weighted by Gasteiger charge is -2.22. The molecule has 2 heterocycles. The summed E-state index contributed by atoms with van der Waals surface area (Å²) in [6.07, 6.45) is 4.08. The standard InChI is InChI=1S/C17H24FN3O.HI/c1-3-19-17(21-15-9-13-6-7-16(15)22-13)20-10-12-5-4-11(2)14(18)8-12;/h4-5,8,13,15-16H,3,6-7,9-10H2,1-2H3,(H2,19,20,21);1H. The van der Waals surface area contributed by atoms with Crippen LogP contribution in [-0.2, 0) is 11.3 Å². The van der Waals surface area contributed by atoms with Crippen LogP contribution < -0.4 is 10.6 Å². The van der Waals surface area contributed by atoms with Gasteiger partial charge in [-0.1, -0.05) is 12.1 Å². The van der Waals surface area contributed by atoms with Gasteiger partial charge in [-0.05, 0) is 50.3 Å². The van der Waals surface area contributed by atoms with Crippen molar-refractivity contribution in [2.24, 2.45) is 4.99 Å². The lowest BCUT2D eigenvalue weighted by Crippen LogP contribution is -2.47. The number of ether oxygens (including phenoxy) is 1. The second-order valence-corrected chi connectivity index (χ2v) is 6.14. The highest BCUT2D eigenvalue weighted by Crippen LogP contribution is 2.34. The molecule has 3 atom stereocenters. The van der Waals surface area contributed by atoms with Crippen molar-refractivity contribution in [2.45, 2.75) is 57.9 Å². The Kier molecular flexibility index (Phi) is 6.64. The zero-order valence-electron chi connectivity index (χ0n) is 13.6. The predicted molar refractivity (Wildman–Crippen MR) is 101 cm³/mol. The molecule has 6 heteroatoms. The number of nitrogens with zero attached hydrogens (tertiary/aromatic N) is 1. The normalized spacial score (nSPS) is 26.0. The number of benzene rings is 1. The first-order chi connectivity index (χ1) is 10.7. The van der Waals surface area contributed by atoms with Gasteiger partial charge >= 0.3 is 0 Å². The van der Waals surface area contributed by atoms with Crippen LogP contribution >= 0.6 is 24.0 Å². The molecule has 4 nitrogen and oxygen atoms in total. The number of hydrogen-bond acceptors (Lipinski definition) is 2. The number of aliphatic imine (C=N–C) groups is 1. The van der Waals surface area contributed by atoms with Crippen molar-refractivity contribution in [3.8, 4) is 0 Å². The largest absolute Gasteiger partial charge is 0.373 e. The van der Waals surface area contributed by atoms with Crippen molar-refractivity contribution in [2.75, 3.05) is 6.54 Å². The molecule has 3 unspecified atom stereocenters. The first-order valence-corrected chi connectivity index (χ1v) is 8.11. The zero-order chi connectivity index (χ0) is 15.5. The van der Waals surface area contributed by atoms with Gasteiger partial charge < -0.3 is 15.4 Å². The minimum absolute atomic E-state index is 0. The molecular formula is C17H25FIN3O. The quantitative estimate of drug-likeness (QED) is 0.436. The molecule has 3 rings (SSSR count). The Morgan fingerprint density at radius 3 is 2.83 bits per heavy atom. The van der Waals surface area contributed by atoms with E-state index in [1.165, 1.54) is 6.42 Å². The maximum Gasteiger partial charge on any atom is 0.191 e. The molecule has 2 saturated heterocycles. The van der Waals surface area contributed by atoms with Gasteiger partial charge in [0.1, 0.15) is 5.82 Å². The van der Waals surface area contributed by atoms with E-state index in [1.54, 1.807) is 19.1 Å². The van der Waals surface area contributed by atoms with Gasteiger partial charge in [0.2, 0.25) is 0 Å². The van der Waals surface area contributed by atoms with E-state index in [9.17, 15) is 4.39 Å². The summed E-state index contributed by atoms with van der Waals surface area (Å²) in [5.41, 5.74) is 1.54.